The van der Waals surface area contributed by atoms with Crippen molar-refractivity contribution in [1.29, 1.82) is 0 Å². The van der Waals surface area contributed by atoms with Crippen molar-refractivity contribution in [3.8, 4) is 0 Å². The number of thiophene rings is 1. The first kappa shape index (κ1) is 16.2. The molecule has 0 aliphatic heterocycles. The number of rotatable bonds is 6. The quantitative estimate of drug-likeness (QED) is 0.744. The zero-order valence-corrected chi connectivity index (χ0v) is 13.4. The van der Waals surface area contributed by atoms with Crippen LogP contribution < -0.4 is 0 Å². The average Bonchev–Trinajstić information content (AvgIpc) is 2.90. The number of hydrogen-bond acceptors (Lipinski definition) is 3. The van der Waals surface area contributed by atoms with Crippen molar-refractivity contribution in [2.24, 2.45) is 0 Å². The monoisotopic (exact) mass is 345 g/mol. The third-order valence-electron chi connectivity index (χ3n) is 2.76. The van der Waals surface area contributed by atoms with E-state index in [0.717, 1.165) is 10.9 Å². The van der Waals surface area contributed by atoms with Crippen molar-refractivity contribution in [3.63, 3.8) is 0 Å². The van der Waals surface area contributed by atoms with Crippen LogP contribution in [0.2, 0.25) is 5.02 Å². The lowest BCUT2D eigenvalue weighted by atomic mass is 10.3. The van der Waals surface area contributed by atoms with Gasteiger partial charge in [-0.3, -0.25) is 0 Å². The van der Waals surface area contributed by atoms with E-state index in [1.54, 1.807) is 0 Å². The lowest BCUT2D eigenvalue weighted by Crippen LogP contribution is -2.31. The van der Waals surface area contributed by atoms with Crippen LogP contribution in [0.15, 0.2) is 53.3 Å². The molecule has 0 saturated heterocycles. The second-order valence-electron chi connectivity index (χ2n) is 4.24. The van der Waals surface area contributed by atoms with E-state index in [-0.39, 0.29) is 23.0 Å². The summed E-state index contributed by atoms with van der Waals surface area (Å²) in [6.07, 6.45) is 1.47. The molecule has 1 aromatic heterocycles. The summed E-state index contributed by atoms with van der Waals surface area (Å²) in [5.41, 5.74) is 0. The minimum atomic E-state index is -3.95. The highest BCUT2D eigenvalue weighted by Crippen LogP contribution is 2.24. The summed E-state index contributed by atoms with van der Waals surface area (Å²) < 4.78 is 40.3. The van der Waals surface area contributed by atoms with Gasteiger partial charge in [0.2, 0.25) is 10.0 Å². The van der Waals surface area contributed by atoms with Crippen LogP contribution in [-0.2, 0) is 16.6 Å². The largest absolute Gasteiger partial charge is 0.246 e. The van der Waals surface area contributed by atoms with Crippen molar-refractivity contribution in [2.75, 3.05) is 6.54 Å². The van der Waals surface area contributed by atoms with Crippen molar-refractivity contribution in [2.45, 2.75) is 11.4 Å². The smallest absolute Gasteiger partial charge is 0.207 e. The van der Waals surface area contributed by atoms with Gasteiger partial charge < -0.3 is 0 Å². The predicted octanol–water partition coefficient (Wildman–Crippen LogP) is 3.92. The van der Waals surface area contributed by atoms with Crippen LogP contribution in [0.5, 0.6) is 0 Å². The van der Waals surface area contributed by atoms with Crippen LogP contribution in [0.3, 0.4) is 0 Å². The number of sulfonamides is 1. The van der Waals surface area contributed by atoms with Gasteiger partial charge >= 0.3 is 0 Å². The summed E-state index contributed by atoms with van der Waals surface area (Å²) in [7, 11) is -3.95. The Morgan fingerprint density at radius 1 is 1.38 bits per heavy atom. The molecule has 0 amide bonds. The molecule has 0 spiro atoms. The average molecular weight is 346 g/mol. The second kappa shape index (κ2) is 6.70. The number of nitrogens with zero attached hydrogens (tertiary/aromatic N) is 1. The van der Waals surface area contributed by atoms with Gasteiger partial charge in [0.25, 0.3) is 0 Å². The lowest BCUT2D eigenvalue weighted by Gasteiger charge is -2.20. The molecule has 0 bridgehead atoms. The minimum absolute atomic E-state index is 0.0995. The van der Waals surface area contributed by atoms with E-state index >= 15 is 0 Å². The molecule has 3 nitrogen and oxygen atoms in total. The van der Waals surface area contributed by atoms with E-state index < -0.39 is 15.8 Å². The van der Waals surface area contributed by atoms with Gasteiger partial charge in [-0.25, -0.2) is 12.8 Å². The normalized spacial score (nSPS) is 11.8. The zero-order chi connectivity index (χ0) is 15.5. The summed E-state index contributed by atoms with van der Waals surface area (Å²) in [5, 5.41) is 2.01. The van der Waals surface area contributed by atoms with E-state index in [2.05, 4.69) is 6.58 Å². The molecule has 0 fully saturated rings. The maximum atomic E-state index is 13.9. The summed E-state index contributed by atoms with van der Waals surface area (Å²) >= 11 is 7.10. The predicted molar refractivity (Wildman–Crippen MR) is 83.5 cm³/mol. The van der Waals surface area contributed by atoms with E-state index in [4.69, 9.17) is 11.6 Å². The van der Waals surface area contributed by atoms with Crippen molar-refractivity contribution in [1.82, 2.24) is 4.31 Å². The van der Waals surface area contributed by atoms with Crippen LogP contribution in [0.1, 0.15) is 4.88 Å². The van der Waals surface area contributed by atoms with Gasteiger partial charge in [0.05, 0.1) is 0 Å². The van der Waals surface area contributed by atoms with E-state index in [9.17, 15) is 12.8 Å². The lowest BCUT2D eigenvalue weighted by molar-refractivity contribution is 0.436. The van der Waals surface area contributed by atoms with Gasteiger partial charge in [0.15, 0.2) is 0 Å². The first-order valence-electron chi connectivity index (χ1n) is 6.03. The molecular formula is C14H13ClFNO2S2. The molecule has 0 radical (unpaired) electrons. The maximum absolute atomic E-state index is 13.9. The second-order valence-corrected chi connectivity index (χ2v) is 7.62. The summed E-state index contributed by atoms with van der Waals surface area (Å²) in [6.45, 7) is 3.83. The Kier molecular flexibility index (Phi) is 5.16. The van der Waals surface area contributed by atoms with Gasteiger partial charge in [-0.15, -0.1) is 17.9 Å². The van der Waals surface area contributed by atoms with Crippen LogP contribution >= 0.6 is 22.9 Å². The molecule has 1 aromatic carbocycles. The highest BCUT2D eigenvalue weighted by atomic mass is 35.5. The molecule has 1 heterocycles. The molecule has 0 aliphatic carbocycles. The Balaban J connectivity index is 2.39. The summed E-state index contributed by atoms with van der Waals surface area (Å²) in [4.78, 5) is 0.486. The fraction of sp³-hybridized carbons (Fsp3) is 0.143. The number of halogens is 2. The third kappa shape index (κ3) is 3.71. The molecule has 0 unspecified atom stereocenters. The summed E-state index contributed by atoms with van der Waals surface area (Å²) in [6, 6.07) is 7.19. The van der Waals surface area contributed by atoms with E-state index in [1.807, 2.05) is 17.5 Å². The molecule has 2 rings (SSSR count). The fourth-order valence-electron chi connectivity index (χ4n) is 1.79. The van der Waals surface area contributed by atoms with E-state index in [1.165, 1.54) is 33.9 Å². The van der Waals surface area contributed by atoms with Gasteiger partial charge in [0.1, 0.15) is 10.7 Å². The van der Waals surface area contributed by atoms with Crippen LogP contribution in [0, 0.1) is 5.82 Å². The van der Waals surface area contributed by atoms with Crippen LogP contribution in [0.4, 0.5) is 4.39 Å². The van der Waals surface area contributed by atoms with E-state index in [0.29, 0.717) is 0 Å². The zero-order valence-electron chi connectivity index (χ0n) is 11.0. The van der Waals surface area contributed by atoms with Crippen molar-refractivity contribution < 1.29 is 12.8 Å². The maximum Gasteiger partial charge on any atom is 0.246 e. The molecule has 7 heteroatoms. The first-order chi connectivity index (χ1) is 9.95. The highest BCUT2D eigenvalue weighted by molar-refractivity contribution is 7.89. The molecule has 0 atom stereocenters. The molecule has 0 aliphatic rings. The molecule has 0 N–H and O–H groups in total. The third-order valence-corrected chi connectivity index (χ3v) is 5.70. The van der Waals surface area contributed by atoms with Gasteiger partial charge in [-0.2, -0.15) is 4.31 Å². The Labute approximate surface area is 132 Å². The van der Waals surface area contributed by atoms with Crippen LogP contribution in [-0.4, -0.2) is 19.3 Å². The summed E-state index contributed by atoms with van der Waals surface area (Å²) in [5.74, 6) is -0.859. The molecular weight excluding hydrogens is 333 g/mol. The Morgan fingerprint density at radius 2 is 2.14 bits per heavy atom. The SMILES string of the molecule is C=CCN(Cc1cccs1)S(=O)(=O)c1ccc(Cl)cc1F. The highest BCUT2D eigenvalue weighted by Gasteiger charge is 2.27. The standard InChI is InChI=1S/C14H13ClFNO2S2/c1-2-7-17(10-12-4-3-8-20-12)21(18,19)14-6-5-11(15)9-13(14)16/h2-6,8-9H,1,7,10H2. The van der Waals surface area contributed by atoms with Gasteiger partial charge in [0, 0.05) is 23.0 Å². The topological polar surface area (TPSA) is 37.4 Å². The van der Waals surface area contributed by atoms with Gasteiger partial charge in [-0.05, 0) is 29.6 Å². The van der Waals surface area contributed by atoms with Crippen molar-refractivity contribution in [3.05, 3.63) is 64.1 Å². The Hall–Kier alpha value is -1.21. The minimum Gasteiger partial charge on any atom is -0.207 e. The molecule has 2 aromatic rings. The molecule has 0 saturated carbocycles. The first-order valence-corrected chi connectivity index (χ1v) is 8.73. The molecule has 21 heavy (non-hydrogen) atoms. The van der Waals surface area contributed by atoms with Gasteiger partial charge in [-0.1, -0.05) is 23.7 Å². The number of hydrogen-bond donors (Lipinski definition) is 0. The van der Waals surface area contributed by atoms with Crippen molar-refractivity contribution >= 4 is 33.0 Å². The molecule has 112 valence electrons. The Morgan fingerprint density at radius 3 is 2.71 bits per heavy atom. The fourth-order valence-corrected chi connectivity index (χ4v) is 4.19. The van der Waals surface area contributed by atoms with Crippen LogP contribution in [0.25, 0.3) is 0 Å². The Bertz CT molecular complexity index is 729. The number of benzene rings is 1.